The second-order valence-corrected chi connectivity index (χ2v) is 10.7. The molecule has 0 saturated carbocycles. The largest absolute Gasteiger partial charge is 0.478 e. The highest BCUT2D eigenvalue weighted by Crippen LogP contribution is 2.39. The Kier molecular flexibility index (Phi) is 7.27. The van der Waals surface area contributed by atoms with E-state index in [0.29, 0.717) is 44.8 Å². The maximum absolute atomic E-state index is 13.5. The van der Waals surface area contributed by atoms with Crippen molar-refractivity contribution >= 4 is 17.8 Å². The number of carbonyl (C=O) groups excluding carboxylic acids is 2. The number of aromatic carboxylic acids is 1. The highest BCUT2D eigenvalue weighted by molar-refractivity contribution is 6.00. The third-order valence-corrected chi connectivity index (χ3v) is 7.78. The van der Waals surface area contributed by atoms with Gasteiger partial charge in [-0.2, -0.15) is 0 Å². The molecule has 0 radical (unpaired) electrons. The molecular formula is C28H38N4O4. The fraction of sp³-hybridized carbons (Fsp3) is 0.536. The Bertz CT molecular complexity index is 1130. The molecule has 2 aromatic rings. The molecule has 0 bridgehead atoms. The summed E-state index contributed by atoms with van der Waals surface area (Å²) in [6.07, 6.45) is 1.75. The number of aromatic amines is 1. The van der Waals surface area contributed by atoms with Crippen LogP contribution in [0.2, 0.25) is 0 Å². The number of rotatable bonds is 7. The number of hydrogen-bond donors (Lipinski definition) is 3. The van der Waals surface area contributed by atoms with E-state index < -0.39 is 17.6 Å². The summed E-state index contributed by atoms with van der Waals surface area (Å²) in [7, 11) is 0. The SMILES string of the molecule is CCN1C(=O)C(CC(C)C)NC(=O)C12CCN(C(c1ccc(C(=O)O)cc1)c1cc(C)[nH]c1C)CC2. The van der Waals surface area contributed by atoms with Gasteiger partial charge in [-0.05, 0) is 75.3 Å². The molecule has 1 aromatic carbocycles. The molecule has 3 heterocycles. The van der Waals surface area contributed by atoms with E-state index in [0.717, 1.165) is 22.5 Å². The lowest BCUT2D eigenvalue weighted by atomic mass is 9.80. The number of nitrogens with one attached hydrogen (secondary N) is 2. The van der Waals surface area contributed by atoms with Gasteiger partial charge < -0.3 is 20.3 Å². The number of aromatic nitrogens is 1. The maximum Gasteiger partial charge on any atom is 0.335 e. The van der Waals surface area contributed by atoms with Gasteiger partial charge in [0, 0.05) is 31.0 Å². The van der Waals surface area contributed by atoms with E-state index in [1.54, 1.807) is 12.1 Å². The van der Waals surface area contributed by atoms with Crippen molar-refractivity contribution in [3.05, 3.63) is 58.4 Å². The predicted molar refractivity (Wildman–Crippen MR) is 138 cm³/mol. The van der Waals surface area contributed by atoms with Gasteiger partial charge in [0.1, 0.15) is 11.6 Å². The topological polar surface area (TPSA) is 106 Å². The van der Waals surface area contributed by atoms with Crippen LogP contribution in [0.15, 0.2) is 30.3 Å². The number of piperidine rings is 1. The Balaban J connectivity index is 1.62. The summed E-state index contributed by atoms with van der Waals surface area (Å²) in [5, 5.41) is 12.4. The standard InChI is InChI=1S/C28H38N4O4/c1-6-32-25(33)23(15-17(2)3)30-27(36)28(32)11-13-31(14-12-28)24(22-16-18(4)29-19(22)5)20-7-9-21(10-8-20)26(34)35/h7-10,16-17,23-24,29H,6,11-15H2,1-5H3,(H,30,36)(H,34,35). The molecule has 1 spiro atoms. The lowest BCUT2D eigenvalue weighted by molar-refractivity contribution is -0.161. The molecule has 2 unspecified atom stereocenters. The summed E-state index contributed by atoms with van der Waals surface area (Å²) in [6.45, 7) is 11.9. The van der Waals surface area contributed by atoms with E-state index in [1.807, 2.05) is 37.8 Å². The average molecular weight is 495 g/mol. The Hall–Kier alpha value is -3.13. The Morgan fingerprint density at radius 3 is 2.28 bits per heavy atom. The monoisotopic (exact) mass is 494 g/mol. The molecule has 2 atom stereocenters. The maximum atomic E-state index is 13.5. The van der Waals surface area contributed by atoms with Crippen LogP contribution in [0.3, 0.4) is 0 Å². The fourth-order valence-corrected chi connectivity index (χ4v) is 6.04. The van der Waals surface area contributed by atoms with E-state index in [9.17, 15) is 19.5 Å². The molecule has 2 aliphatic rings. The molecule has 8 nitrogen and oxygen atoms in total. The van der Waals surface area contributed by atoms with Crippen LogP contribution >= 0.6 is 0 Å². The number of aryl methyl sites for hydroxylation is 2. The molecule has 2 fully saturated rings. The quantitative estimate of drug-likeness (QED) is 0.545. The van der Waals surface area contributed by atoms with Crippen molar-refractivity contribution in [2.75, 3.05) is 19.6 Å². The highest BCUT2D eigenvalue weighted by atomic mass is 16.4. The second-order valence-electron chi connectivity index (χ2n) is 10.7. The molecule has 2 amide bonds. The summed E-state index contributed by atoms with van der Waals surface area (Å²) in [6, 6.07) is 8.66. The molecule has 36 heavy (non-hydrogen) atoms. The second kappa shape index (κ2) is 10.1. The Morgan fingerprint density at radius 1 is 1.14 bits per heavy atom. The van der Waals surface area contributed by atoms with E-state index in [2.05, 4.69) is 35.1 Å². The number of carboxylic acid groups (broad SMARTS) is 1. The zero-order chi connectivity index (χ0) is 26.2. The highest BCUT2D eigenvalue weighted by Gasteiger charge is 2.53. The lowest BCUT2D eigenvalue weighted by Gasteiger charge is -2.52. The third kappa shape index (κ3) is 4.66. The van der Waals surface area contributed by atoms with E-state index >= 15 is 0 Å². The van der Waals surface area contributed by atoms with Gasteiger partial charge in [-0.3, -0.25) is 14.5 Å². The normalized spacial score (nSPS) is 21.2. The lowest BCUT2D eigenvalue weighted by Crippen LogP contribution is -2.72. The van der Waals surface area contributed by atoms with Crippen molar-refractivity contribution in [3.8, 4) is 0 Å². The number of nitrogens with zero attached hydrogens (tertiary/aromatic N) is 2. The van der Waals surface area contributed by atoms with Crippen LogP contribution in [0.25, 0.3) is 0 Å². The van der Waals surface area contributed by atoms with Gasteiger partial charge in [0.2, 0.25) is 11.8 Å². The fourth-order valence-electron chi connectivity index (χ4n) is 6.04. The van der Waals surface area contributed by atoms with E-state index in [1.165, 1.54) is 0 Å². The number of likely N-dealkylation sites (N-methyl/N-ethyl adjacent to an activating group) is 1. The van der Waals surface area contributed by atoms with E-state index in [4.69, 9.17) is 0 Å². The molecule has 1 aromatic heterocycles. The van der Waals surface area contributed by atoms with Crippen LogP contribution in [0.4, 0.5) is 0 Å². The molecular weight excluding hydrogens is 456 g/mol. The average Bonchev–Trinajstić information content (AvgIpc) is 3.16. The number of amides is 2. The zero-order valence-electron chi connectivity index (χ0n) is 21.9. The van der Waals surface area contributed by atoms with Crippen LogP contribution < -0.4 is 5.32 Å². The van der Waals surface area contributed by atoms with Gasteiger partial charge in [0.25, 0.3) is 0 Å². The van der Waals surface area contributed by atoms with Gasteiger partial charge in [0.05, 0.1) is 11.6 Å². The third-order valence-electron chi connectivity index (χ3n) is 7.78. The number of hydrogen-bond acceptors (Lipinski definition) is 4. The van der Waals surface area contributed by atoms with Gasteiger partial charge in [-0.1, -0.05) is 26.0 Å². The van der Waals surface area contributed by atoms with Crippen LogP contribution in [-0.2, 0) is 9.59 Å². The van der Waals surface area contributed by atoms with Gasteiger partial charge >= 0.3 is 5.97 Å². The molecule has 4 rings (SSSR count). The van der Waals surface area contributed by atoms with Gasteiger partial charge in [-0.15, -0.1) is 0 Å². The summed E-state index contributed by atoms with van der Waals surface area (Å²) in [5.41, 5.74) is 3.71. The minimum Gasteiger partial charge on any atom is -0.478 e. The van der Waals surface area contributed by atoms with Gasteiger partial charge in [0.15, 0.2) is 0 Å². The molecule has 8 heteroatoms. The zero-order valence-corrected chi connectivity index (χ0v) is 21.9. The van der Waals surface area contributed by atoms with Gasteiger partial charge in [-0.25, -0.2) is 4.79 Å². The van der Waals surface area contributed by atoms with Crippen LogP contribution in [0, 0.1) is 19.8 Å². The van der Waals surface area contributed by atoms with Crippen LogP contribution in [-0.4, -0.2) is 68.9 Å². The van der Waals surface area contributed by atoms with Crippen molar-refractivity contribution in [1.29, 1.82) is 0 Å². The summed E-state index contributed by atoms with van der Waals surface area (Å²) < 4.78 is 0. The minimum atomic E-state index is -0.949. The Labute approximate surface area is 213 Å². The summed E-state index contributed by atoms with van der Waals surface area (Å²) in [4.78, 5) is 45.8. The molecule has 3 N–H and O–H groups in total. The smallest absolute Gasteiger partial charge is 0.335 e. The van der Waals surface area contributed by atoms with Crippen LogP contribution in [0.1, 0.15) is 78.9 Å². The number of H-pyrrole nitrogens is 1. The van der Waals surface area contributed by atoms with Crippen molar-refractivity contribution in [2.24, 2.45) is 5.92 Å². The first kappa shape index (κ1) is 25.9. The number of likely N-dealkylation sites (tertiary alicyclic amines) is 1. The number of carbonyl (C=O) groups is 3. The number of carboxylic acids is 1. The van der Waals surface area contributed by atoms with Crippen molar-refractivity contribution < 1.29 is 19.5 Å². The van der Waals surface area contributed by atoms with E-state index in [-0.39, 0.29) is 23.4 Å². The first-order chi connectivity index (χ1) is 17.1. The van der Waals surface area contributed by atoms with Crippen molar-refractivity contribution in [2.45, 2.75) is 71.5 Å². The predicted octanol–water partition coefficient (Wildman–Crippen LogP) is 3.65. The number of piperazine rings is 1. The minimum absolute atomic E-state index is 0.0252. The molecule has 2 saturated heterocycles. The van der Waals surface area contributed by atoms with Crippen LogP contribution in [0.5, 0.6) is 0 Å². The first-order valence-electron chi connectivity index (χ1n) is 12.9. The van der Waals surface area contributed by atoms with Crippen molar-refractivity contribution in [3.63, 3.8) is 0 Å². The summed E-state index contributed by atoms with van der Waals surface area (Å²) in [5.74, 6) is -0.646. The number of benzene rings is 1. The molecule has 194 valence electrons. The Morgan fingerprint density at radius 2 is 1.78 bits per heavy atom. The molecule has 0 aliphatic carbocycles. The van der Waals surface area contributed by atoms with Crippen molar-refractivity contribution in [1.82, 2.24) is 20.1 Å². The first-order valence-corrected chi connectivity index (χ1v) is 12.9. The summed E-state index contributed by atoms with van der Waals surface area (Å²) >= 11 is 0. The molecule has 2 aliphatic heterocycles.